The van der Waals surface area contributed by atoms with Crippen molar-refractivity contribution in [2.24, 2.45) is 0 Å². The van der Waals surface area contributed by atoms with Crippen molar-refractivity contribution in [2.75, 3.05) is 26.2 Å². The number of benzene rings is 2. The monoisotopic (exact) mass is 404 g/mol. The van der Waals surface area contributed by atoms with E-state index >= 15 is 0 Å². The summed E-state index contributed by atoms with van der Waals surface area (Å²) in [6.45, 7) is 8.30. The number of hydrogen-bond donors (Lipinski definition) is 1. The number of hydrogen-bond acceptors (Lipinski definition) is 4. The van der Waals surface area contributed by atoms with Crippen LogP contribution in [0.25, 0.3) is 21.1 Å². The zero-order valence-electron chi connectivity index (χ0n) is 16.7. The predicted molar refractivity (Wildman–Crippen MR) is 119 cm³/mol. The number of aromatic amines is 1. The Morgan fingerprint density at radius 3 is 2.69 bits per heavy atom. The summed E-state index contributed by atoms with van der Waals surface area (Å²) in [4.78, 5) is 25.5. The lowest BCUT2D eigenvalue weighted by molar-refractivity contribution is 0.0628. The van der Waals surface area contributed by atoms with E-state index in [0.29, 0.717) is 0 Å². The summed E-state index contributed by atoms with van der Waals surface area (Å²) in [6.07, 6.45) is 0. The standard InChI is InChI=1S/C23H24N4OS/c1-15-16(2)24-19-8-7-17(13-18(15)19)23(28)27-11-9-26(10-12-27)14-22-25-20-5-3-4-6-21(20)29-22/h3-8,13,24H,9-12,14H2,1-2H3. The number of piperazine rings is 1. The minimum atomic E-state index is 0.129. The number of fused-ring (bicyclic) bond motifs is 2. The Balaban J connectivity index is 1.25. The smallest absolute Gasteiger partial charge is 0.253 e. The second kappa shape index (κ2) is 7.28. The van der Waals surface area contributed by atoms with E-state index in [4.69, 9.17) is 4.98 Å². The Hall–Kier alpha value is -2.70. The fraction of sp³-hybridized carbons (Fsp3) is 0.304. The van der Waals surface area contributed by atoms with Gasteiger partial charge in [-0.05, 0) is 49.7 Å². The van der Waals surface area contributed by atoms with Crippen LogP contribution in [0.3, 0.4) is 0 Å². The van der Waals surface area contributed by atoms with Crippen LogP contribution in [0.4, 0.5) is 0 Å². The first-order valence-electron chi connectivity index (χ1n) is 10.0. The summed E-state index contributed by atoms with van der Waals surface area (Å²) in [6, 6.07) is 14.3. The second-order valence-electron chi connectivity index (χ2n) is 7.78. The molecule has 0 unspecified atom stereocenters. The van der Waals surface area contributed by atoms with Gasteiger partial charge < -0.3 is 9.88 Å². The maximum atomic E-state index is 13.0. The molecule has 0 radical (unpaired) electrons. The Morgan fingerprint density at radius 1 is 1.10 bits per heavy atom. The molecule has 1 fully saturated rings. The highest BCUT2D eigenvalue weighted by Crippen LogP contribution is 2.25. The number of carbonyl (C=O) groups excluding carboxylic acids is 1. The van der Waals surface area contributed by atoms with Crippen LogP contribution in [0.2, 0.25) is 0 Å². The lowest BCUT2D eigenvalue weighted by Crippen LogP contribution is -2.48. The van der Waals surface area contributed by atoms with Crippen molar-refractivity contribution in [3.63, 3.8) is 0 Å². The first-order valence-corrected chi connectivity index (χ1v) is 10.8. The number of nitrogens with zero attached hydrogens (tertiary/aromatic N) is 3. The Kier molecular flexibility index (Phi) is 4.60. The average Bonchev–Trinajstić information content (AvgIpc) is 3.27. The van der Waals surface area contributed by atoms with Crippen molar-refractivity contribution in [2.45, 2.75) is 20.4 Å². The highest BCUT2D eigenvalue weighted by atomic mass is 32.1. The Labute approximate surface area is 174 Å². The van der Waals surface area contributed by atoms with Crippen LogP contribution in [0, 0.1) is 13.8 Å². The maximum absolute atomic E-state index is 13.0. The van der Waals surface area contributed by atoms with Crippen molar-refractivity contribution in [1.29, 1.82) is 0 Å². The molecule has 2 aromatic carbocycles. The molecule has 1 saturated heterocycles. The van der Waals surface area contributed by atoms with Crippen LogP contribution in [0.5, 0.6) is 0 Å². The van der Waals surface area contributed by atoms with Crippen molar-refractivity contribution in [3.8, 4) is 0 Å². The summed E-state index contributed by atoms with van der Waals surface area (Å²) < 4.78 is 1.24. The van der Waals surface area contributed by atoms with Gasteiger partial charge >= 0.3 is 0 Å². The molecule has 1 N–H and O–H groups in total. The van der Waals surface area contributed by atoms with Gasteiger partial charge in [0.05, 0.1) is 16.8 Å². The maximum Gasteiger partial charge on any atom is 0.253 e. The molecule has 1 aliphatic rings. The molecule has 0 saturated carbocycles. The normalized spacial score (nSPS) is 15.4. The third kappa shape index (κ3) is 3.43. The number of H-pyrrole nitrogens is 1. The summed E-state index contributed by atoms with van der Waals surface area (Å²) in [5.41, 5.74) is 5.33. The molecule has 0 atom stereocenters. The number of thiazole rings is 1. The number of nitrogens with one attached hydrogen (secondary N) is 1. The van der Waals surface area contributed by atoms with Gasteiger partial charge in [0.1, 0.15) is 5.01 Å². The Bertz CT molecular complexity index is 1170. The molecule has 1 amide bonds. The van der Waals surface area contributed by atoms with Crippen LogP contribution in [0.15, 0.2) is 42.5 Å². The van der Waals surface area contributed by atoms with E-state index in [-0.39, 0.29) is 5.91 Å². The third-order valence-electron chi connectivity index (χ3n) is 5.91. The third-order valence-corrected chi connectivity index (χ3v) is 6.93. The quantitative estimate of drug-likeness (QED) is 0.552. The van der Waals surface area contributed by atoms with E-state index in [2.05, 4.69) is 41.9 Å². The topological polar surface area (TPSA) is 52.2 Å². The van der Waals surface area contributed by atoms with Gasteiger partial charge in [-0.2, -0.15) is 0 Å². The first-order chi connectivity index (χ1) is 14.1. The van der Waals surface area contributed by atoms with Crippen LogP contribution in [0.1, 0.15) is 26.6 Å². The predicted octanol–water partition coefficient (Wildman–Crippen LogP) is 4.35. The number of carbonyl (C=O) groups is 1. The molecular weight excluding hydrogens is 380 g/mol. The van der Waals surface area contributed by atoms with Crippen LogP contribution in [-0.4, -0.2) is 51.9 Å². The number of amides is 1. The molecule has 148 valence electrons. The van der Waals surface area contributed by atoms with Gasteiger partial charge in [-0.25, -0.2) is 4.98 Å². The van der Waals surface area contributed by atoms with Gasteiger partial charge in [0, 0.05) is 48.3 Å². The number of aryl methyl sites for hydroxylation is 2. The molecule has 1 aliphatic heterocycles. The summed E-state index contributed by atoms with van der Waals surface area (Å²) in [7, 11) is 0. The van der Waals surface area contributed by atoms with Crippen molar-refractivity contribution in [3.05, 3.63) is 64.3 Å². The van der Waals surface area contributed by atoms with Crippen molar-refractivity contribution in [1.82, 2.24) is 19.8 Å². The molecule has 29 heavy (non-hydrogen) atoms. The van der Waals surface area contributed by atoms with E-state index in [1.807, 2.05) is 29.2 Å². The van der Waals surface area contributed by atoms with Gasteiger partial charge in [-0.3, -0.25) is 9.69 Å². The highest BCUT2D eigenvalue weighted by Gasteiger charge is 2.23. The zero-order chi connectivity index (χ0) is 20.0. The number of aromatic nitrogens is 2. The molecule has 0 aliphatic carbocycles. The molecule has 0 bridgehead atoms. The summed E-state index contributed by atoms with van der Waals surface area (Å²) in [5.74, 6) is 0.129. The second-order valence-corrected chi connectivity index (χ2v) is 8.89. The van der Waals surface area contributed by atoms with E-state index in [0.717, 1.165) is 65.4 Å². The van der Waals surface area contributed by atoms with Crippen molar-refractivity contribution >= 4 is 38.4 Å². The molecule has 2 aromatic heterocycles. The van der Waals surface area contributed by atoms with E-state index in [1.165, 1.54) is 10.3 Å². The van der Waals surface area contributed by atoms with Gasteiger partial charge in [0.25, 0.3) is 5.91 Å². The van der Waals surface area contributed by atoms with E-state index in [1.54, 1.807) is 11.3 Å². The minimum Gasteiger partial charge on any atom is -0.358 e. The fourth-order valence-electron chi connectivity index (χ4n) is 4.06. The Morgan fingerprint density at radius 2 is 1.90 bits per heavy atom. The number of para-hydroxylation sites is 1. The largest absolute Gasteiger partial charge is 0.358 e. The molecule has 3 heterocycles. The highest BCUT2D eigenvalue weighted by molar-refractivity contribution is 7.18. The van der Waals surface area contributed by atoms with Gasteiger partial charge in [-0.1, -0.05) is 12.1 Å². The van der Waals surface area contributed by atoms with Crippen molar-refractivity contribution < 1.29 is 4.79 Å². The van der Waals surface area contributed by atoms with Gasteiger partial charge in [0.15, 0.2) is 0 Å². The lowest BCUT2D eigenvalue weighted by atomic mass is 10.1. The van der Waals surface area contributed by atoms with Crippen LogP contribution >= 0.6 is 11.3 Å². The summed E-state index contributed by atoms with van der Waals surface area (Å²) >= 11 is 1.76. The molecule has 4 aromatic rings. The minimum absolute atomic E-state index is 0.129. The van der Waals surface area contributed by atoms with Gasteiger partial charge in [-0.15, -0.1) is 11.3 Å². The zero-order valence-corrected chi connectivity index (χ0v) is 17.6. The first kappa shape index (κ1) is 18.3. The van der Waals surface area contributed by atoms with Gasteiger partial charge in [0.2, 0.25) is 0 Å². The summed E-state index contributed by atoms with van der Waals surface area (Å²) in [5, 5.41) is 2.29. The molecule has 5 rings (SSSR count). The fourth-order valence-corrected chi connectivity index (χ4v) is 5.07. The average molecular weight is 405 g/mol. The molecule has 0 spiro atoms. The molecule has 5 nitrogen and oxygen atoms in total. The lowest BCUT2D eigenvalue weighted by Gasteiger charge is -2.34. The van der Waals surface area contributed by atoms with Crippen LogP contribution < -0.4 is 0 Å². The molecular formula is C23H24N4OS. The molecule has 6 heteroatoms. The number of rotatable bonds is 3. The van der Waals surface area contributed by atoms with E-state index in [9.17, 15) is 4.79 Å². The van der Waals surface area contributed by atoms with E-state index < -0.39 is 0 Å². The SMILES string of the molecule is Cc1[nH]c2ccc(C(=O)N3CCN(Cc4nc5ccccc5s4)CC3)cc2c1C. The van der Waals surface area contributed by atoms with Crippen LogP contribution in [-0.2, 0) is 6.54 Å².